The molecule has 0 aliphatic rings. The van der Waals surface area contributed by atoms with Gasteiger partial charge in [0.2, 0.25) is 5.91 Å². The minimum atomic E-state index is -0.981. The van der Waals surface area contributed by atoms with Gasteiger partial charge < -0.3 is 14.9 Å². The molecule has 0 spiro atoms. The lowest BCUT2D eigenvalue weighted by Gasteiger charge is -2.17. The second-order valence-electron chi connectivity index (χ2n) is 4.88. The van der Waals surface area contributed by atoms with Crippen molar-refractivity contribution in [3.8, 4) is 0 Å². The van der Waals surface area contributed by atoms with Crippen LogP contribution in [0, 0.1) is 6.92 Å². The number of carbonyl (C=O) groups excluding carboxylic acids is 1. The molecule has 1 heterocycles. The zero-order valence-electron chi connectivity index (χ0n) is 11.9. The van der Waals surface area contributed by atoms with Gasteiger partial charge in [-0.15, -0.1) is 0 Å². The van der Waals surface area contributed by atoms with Gasteiger partial charge in [-0.1, -0.05) is 33.2 Å². The number of hydrogen-bond donors (Lipinski definition) is 2. The Labute approximate surface area is 135 Å². The van der Waals surface area contributed by atoms with E-state index in [9.17, 15) is 9.59 Å². The molecule has 116 valence electrons. The number of aromatic nitrogens is 1. The Balaban J connectivity index is 2.07. The van der Waals surface area contributed by atoms with Crippen LogP contribution in [0.4, 0.5) is 0 Å². The number of halogens is 1. The molecule has 0 saturated carbocycles. The Morgan fingerprint density at radius 1 is 1.36 bits per heavy atom. The van der Waals surface area contributed by atoms with Crippen molar-refractivity contribution in [3.63, 3.8) is 0 Å². The first-order valence-corrected chi connectivity index (χ1v) is 7.42. The van der Waals surface area contributed by atoms with Gasteiger partial charge >= 0.3 is 5.97 Å². The van der Waals surface area contributed by atoms with E-state index in [4.69, 9.17) is 9.63 Å². The summed E-state index contributed by atoms with van der Waals surface area (Å²) >= 11 is 3.32. The van der Waals surface area contributed by atoms with Crippen LogP contribution in [0.15, 0.2) is 39.3 Å². The molecule has 1 unspecified atom stereocenters. The van der Waals surface area contributed by atoms with Crippen LogP contribution < -0.4 is 5.32 Å². The van der Waals surface area contributed by atoms with Crippen LogP contribution in [0.25, 0.3) is 0 Å². The molecule has 2 rings (SSSR count). The van der Waals surface area contributed by atoms with E-state index in [1.165, 1.54) is 0 Å². The van der Waals surface area contributed by atoms with Gasteiger partial charge in [-0.2, -0.15) is 0 Å². The summed E-state index contributed by atoms with van der Waals surface area (Å²) in [6.45, 7) is 1.74. The second kappa shape index (κ2) is 7.22. The predicted molar refractivity (Wildman–Crippen MR) is 82.2 cm³/mol. The molecule has 7 heteroatoms. The van der Waals surface area contributed by atoms with Gasteiger partial charge in [0, 0.05) is 10.5 Å². The minimum Gasteiger partial charge on any atom is -0.481 e. The molecule has 1 aromatic heterocycles. The maximum Gasteiger partial charge on any atom is 0.305 e. The van der Waals surface area contributed by atoms with Crippen LogP contribution in [0.5, 0.6) is 0 Å². The molecule has 2 aromatic rings. The van der Waals surface area contributed by atoms with E-state index >= 15 is 0 Å². The Kier molecular flexibility index (Phi) is 5.32. The lowest BCUT2D eigenvalue weighted by Crippen LogP contribution is -2.31. The highest BCUT2D eigenvalue weighted by Crippen LogP contribution is 2.20. The highest BCUT2D eigenvalue weighted by Gasteiger charge is 2.19. The zero-order valence-corrected chi connectivity index (χ0v) is 13.5. The van der Waals surface area contributed by atoms with E-state index in [0.29, 0.717) is 11.5 Å². The van der Waals surface area contributed by atoms with Gasteiger partial charge in [-0.25, -0.2) is 0 Å². The Morgan fingerprint density at radius 2 is 2.05 bits per heavy atom. The summed E-state index contributed by atoms with van der Waals surface area (Å²) in [6, 6.07) is 8.24. The van der Waals surface area contributed by atoms with Crippen molar-refractivity contribution >= 4 is 27.8 Å². The summed E-state index contributed by atoms with van der Waals surface area (Å²) in [6.07, 6.45) is -0.144. The van der Waals surface area contributed by atoms with Crippen molar-refractivity contribution in [3.05, 3.63) is 51.8 Å². The van der Waals surface area contributed by atoms with E-state index in [1.54, 1.807) is 37.3 Å². The molecular weight excluding hydrogens is 352 g/mol. The lowest BCUT2D eigenvalue weighted by atomic mass is 10.0. The van der Waals surface area contributed by atoms with Crippen molar-refractivity contribution in [2.45, 2.75) is 25.8 Å². The average Bonchev–Trinajstić information content (AvgIpc) is 2.83. The Bertz CT molecular complexity index is 666. The first-order chi connectivity index (χ1) is 10.4. The topological polar surface area (TPSA) is 92.4 Å². The standard InChI is InChI=1S/C15H15BrN2O4/c1-9-6-12(18-22-9)7-14(19)17-13(8-15(20)21)10-2-4-11(16)5-3-10/h2-6,13H,7-8H2,1H3,(H,17,19)(H,20,21). The molecule has 0 aliphatic carbocycles. The molecule has 0 saturated heterocycles. The Hall–Kier alpha value is -2.15. The fourth-order valence-electron chi connectivity index (χ4n) is 2.03. The molecule has 1 amide bonds. The molecule has 6 nitrogen and oxygen atoms in total. The fraction of sp³-hybridized carbons (Fsp3) is 0.267. The minimum absolute atomic E-state index is 0.0456. The number of nitrogens with zero attached hydrogens (tertiary/aromatic N) is 1. The fourth-order valence-corrected chi connectivity index (χ4v) is 2.30. The molecular formula is C15H15BrN2O4. The number of aryl methyl sites for hydroxylation is 1. The lowest BCUT2D eigenvalue weighted by molar-refractivity contribution is -0.137. The van der Waals surface area contributed by atoms with Crippen molar-refractivity contribution in [2.75, 3.05) is 0 Å². The molecule has 2 N–H and O–H groups in total. The van der Waals surface area contributed by atoms with E-state index in [-0.39, 0.29) is 18.7 Å². The number of hydrogen-bond acceptors (Lipinski definition) is 4. The Morgan fingerprint density at radius 3 is 2.59 bits per heavy atom. The van der Waals surface area contributed by atoms with Crippen molar-refractivity contribution in [2.24, 2.45) is 0 Å². The number of benzene rings is 1. The van der Waals surface area contributed by atoms with Crippen LogP contribution in [-0.2, 0) is 16.0 Å². The molecule has 22 heavy (non-hydrogen) atoms. The van der Waals surface area contributed by atoms with E-state index in [2.05, 4.69) is 26.4 Å². The van der Waals surface area contributed by atoms with Crippen molar-refractivity contribution in [1.29, 1.82) is 0 Å². The van der Waals surface area contributed by atoms with Gasteiger partial charge in [0.15, 0.2) is 0 Å². The number of carbonyl (C=O) groups is 2. The number of nitrogens with one attached hydrogen (secondary N) is 1. The van der Waals surface area contributed by atoms with Gasteiger partial charge in [-0.3, -0.25) is 9.59 Å². The van der Waals surface area contributed by atoms with Crippen molar-refractivity contribution < 1.29 is 19.2 Å². The van der Waals surface area contributed by atoms with E-state index in [1.807, 2.05) is 0 Å². The maximum absolute atomic E-state index is 12.1. The molecule has 0 aliphatic heterocycles. The third kappa shape index (κ3) is 4.70. The number of rotatable bonds is 6. The number of carboxylic acid groups (broad SMARTS) is 1. The average molecular weight is 367 g/mol. The van der Waals surface area contributed by atoms with E-state index in [0.717, 1.165) is 10.0 Å². The van der Waals surface area contributed by atoms with Crippen LogP contribution in [-0.4, -0.2) is 22.1 Å². The van der Waals surface area contributed by atoms with Gasteiger partial charge in [-0.05, 0) is 24.6 Å². The monoisotopic (exact) mass is 366 g/mol. The maximum atomic E-state index is 12.1. The number of carboxylic acids is 1. The van der Waals surface area contributed by atoms with Crippen LogP contribution in [0.1, 0.15) is 29.5 Å². The number of amides is 1. The van der Waals surface area contributed by atoms with Crippen LogP contribution in [0.3, 0.4) is 0 Å². The third-order valence-corrected chi connectivity index (χ3v) is 3.53. The molecule has 0 bridgehead atoms. The summed E-state index contributed by atoms with van der Waals surface area (Å²) in [5, 5.41) is 15.5. The van der Waals surface area contributed by atoms with Crippen molar-refractivity contribution in [1.82, 2.24) is 10.5 Å². The smallest absolute Gasteiger partial charge is 0.305 e. The first kappa shape index (κ1) is 16.2. The van der Waals surface area contributed by atoms with Gasteiger partial charge in [0.1, 0.15) is 5.76 Å². The van der Waals surface area contributed by atoms with Gasteiger partial charge in [0.25, 0.3) is 0 Å². The normalized spacial score (nSPS) is 11.9. The van der Waals surface area contributed by atoms with Gasteiger partial charge in [0.05, 0.1) is 24.6 Å². The SMILES string of the molecule is Cc1cc(CC(=O)NC(CC(=O)O)c2ccc(Br)cc2)no1. The summed E-state index contributed by atoms with van der Waals surface area (Å²) in [5.74, 6) is -0.661. The first-order valence-electron chi connectivity index (χ1n) is 6.63. The summed E-state index contributed by atoms with van der Waals surface area (Å²) in [7, 11) is 0. The number of aliphatic carboxylic acids is 1. The molecule has 0 radical (unpaired) electrons. The molecule has 0 fully saturated rings. The highest BCUT2D eigenvalue weighted by atomic mass is 79.9. The summed E-state index contributed by atoms with van der Waals surface area (Å²) in [5.41, 5.74) is 1.25. The quantitative estimate of drug-likeness (QED) is 0.819. The predicted octanol–water partition coefficient (Wildman–Crippen LogP) is 2.62. The largest absolute Gasteiger partial charge is 0.481 e. The zero-order chi connectivity index (χ0) is 16.1. The highest BCUT2D eigenvalue weighted by molar-refractivity contribution is 9.10. The molecule has 1 atom stereocenters. The second-order valence-corrected chi connectivity index (χ2v) is 5.79. The summed E-state index contributed by atoms with van der Waals surface area (Å²) in [4.78, 5) is 23.1. The third-order valence-electron chi connectivity index (χ3n) is 3.00. The van der Waals surface area contributed by atoms with Crippen LogP contribution >= 0.6 is 15.9 Å². The summed E-state index contributed by atoms with van der Waals surface area (Å²) < 4.78 is 5.79. The van der Waals surface area contributed by atoms with Crippen LogP contribution in [0.2, 0.25) is 0 Å². The van der Waals surface area contributed by atoms with E-state index < -0.39 is 12.0 Å². The molecule has 1 aromatic carbocycles.